The molecule has 0 saturated carbocycles. The van der Waals surface area contributed by atoms with Gasteiger partial charge in [-0.15, -0.1) is 0 Å². The van der Waals surface area contributed by atoms with Gasteiger partial charge < -0.3 is 4.98 Å². The average molecular weight is 368 g/mol. The standard InChI is InChI=1S/C17H19ClFN3OS/c1-2-7-22-8-6-15-11(9-22)16(23)21-17(20-15)24-10-12-13(18)4-3-5-14(12)19/h3-5H,2,6-10H2,1H3,(H,20,21,23). The van der Waals surface area contributed by atoms with E-state index in [1.54, 1.807) is 12.1 Å². The van der Waals surface area contributed by atoms with Crippen LogP contribution in [0.5, 0.6) is 0 Å². The van der Waals surface area contributed by atoms with E-state index in [0.717, 1.165) is 37.2 Å². The minimum atomic E-state index is -0.342. The van der Waals surface area contributed by atoms with Crippen molar-refractivity contribution in [3.05, 3.63) is 56.2 Å². The van der Waals surface area contributed by atoms with Gasteiger partial charge in [0.15, 0.2) is 5.16 Å². The van der Waals surface area contributed by atoms with Crippen LogP contribution >= 0.6 is 23.4 Å². The Morgan fingerprint density at radius 2 is 2.29 bits per heavy atom. The molecule has 1 aliphatic heterocycles. The number of rotatable bonds is 5. The second-order valence-corrected chi connectivity index (χ2v) is 7.18. The lowest BCUT2D eigenvalue weighted by Gasteiger charge is -2.27. The zero-order valence-corrected chi connectivity index (χ0v) is 15.0. The molecule has 0 atom stereocenters. The van der Waals surface area contributed by atoms with Crippen molar-refractivity contribution in [1.82, 2.24) is 14.9 Å². The van der Waals surface area contributed by atoms with Gasteiger partial charge in [0, 0.05) is 35.8 Å². The van der Waals surface area contributed by atoms with Crippen molar-refractivity contribution in [3.63, 3.8) is 0 Å². The minimum Gasteiger partial charge on any atom is -0.301 e. The molecular weight excluding hydrogens is 349 g/mol. The highest BCUT2D eigenvalue weighted by atomic mass is 35.5. The fourth-order valence-electron chi connectivity index (χ4n) is 2.84. The van der Waals surface area contributed by atoms with Crippen molar-refractivity contribution in [1.29, 1.82) is 0 Å². The molecule has 1 N–H and O–H groups in total. The number of halogens is 2. The van der Waals surface area contributed by atoms with E-state index in [4.69, 9.17) is 11.6 Å². The lowest BCUT2D eigenvalue weighted by atomic mass is 10.1. The number of aromatic amines is 1. The summed E-state index contributed by atoms with van der Waals surface area (Å²) in [6.07, 6.45) is 1.84. The number of fused-ring (bicyclic) bond motifs is 1. The minimum absolute atomic E-state index is 0.0945. The topological polar surface area (TPSA) is 49.0 Å². The van der Waals surface area contributed by atoms with Crippen LogP contribution < -0.4 is 5.56 Å². The van der Waals surface area contributed by atoms with Crippen molar-refractivity contribution in [2.45, 2.75) is 37.2 Å². The summed E-state index contributed by atoms with van der Waals surface area (Å²) in [6, 6.07) is 4.62. The molecule has 0 aliphatic carbocycles. The maximum Gasteiger partial charge on any atom is 0.256 e. The maximum atomic E-state index is 13.8. The van der Waals surface area contributed by atoms with Crippen molar-refractivity contribution in [2.24, 2.45) is 0 Å². The summed E-state index contributed by atoms with van der Waals surface area (Å²) in [5.74, 6) is -0.0136. The Morgan fingerprint density at radius 3 is 3.04 bits per heavy atom. The summed E-state index contributed by atoms with van der Waals surface area (Å²) < 4.78 is 13.8. The van der Waals surface area contributed by atoms with Gasteiger partial charge in [-0.3, -0.25) is 9.69 Å². The third-order valence-electron chi connectivity index (χ3n) is 4.08. The van der Waals surface area contributed by atoms with Crippen molar-refractivity contribution >= 4 is 23.4 Å². The normalized spacial score (nSPS) is 14.6. The first-order chi connectivity index (χ1) is 11.6. The van der Waals surface area contributed by atoms with E-state index in [-0.39, 0.29) is 11.4 Å². The largest absolute Gasteiger partial charge is 0.301 e. The molecular formula is C17H19ClFN3OS. The van der Waals surface area contributed by atoms with Gasteiger partial charge in [-0.1, -0.05) is 36.4 Å². The van der Waals surface area contributed by atoms with Crippen LogP contribution in [0.3, 0.4) is 0 Å². The molecule has 7 heteroatoms. The first-order valence-electron chi connectivity index (χ1n) is 7.98. The second-order valence-electron chi connectivity index (χ2n) is 5.81. The van der Waals surface area contributed by atoms with Crippen molar-refractivity contribution in [2.75, 3.05) is 13.1 Å². The van der Waals surface area contributed by atoms with Crippen LogP contribution in [0.4, 0.5) is 4.39 Å². The lowest BCUT2D eigenvalue weighted by molar-refractivity contribution is 0.250. The van der Waals surface area contributed by atoms with E-state index in [2.05, 4.69) is 21.8 Å². The summed E-state index contributed by atoms with van der Waals surface area (Å²) in [5, 5.41) is 0.903. The third-order valence-corrected chi connectivity index (χ3v) is 5.33. The van der Waals surface area contributed by atoms with Crippen molar-refractivity contribution < 1.29 is 4.39 Å². The lowest BCUT2D eigenvalue weighted by Crippen LogP contribution is -2.36. The van der Waals surface area contributed by atoms with Gasteiger partial charge in [-0.25, -0.2) is 9.37 Å². The van der Waals surface area contributed by atoms with E-state index < -0.39 is 0 Å². The molecule has 0 amide bonds. The predicted octanol–water partition coefficient (Wildman–Crippen LogP) is 3.62. The summed E-state index contributed by atoms with van der Waals surface area (Å²) in [7, 11) is 0. The van der Waals surface area contributed by atoms with Crippen LogP contribution in [0.2, 0.25) is 5.02 Å². The molecule has 0 fully saturated rings. The fraction of sp³-hybridized carbons (Fsp3) is 0.412. The molecule has 0 radical (unpaired) electrons. The van der Waals surface area contributed by atoms with Gasteiger partial charge in [0.05, 0.1) is 11.3 Å². The molecule has 2 heterocycles. The van der Waals surface area contributed by atoms with E-state index in [9.17, 15) is 9.18 Å². The summed E-state index contributed by atoms with van der Waals surface area (Å²) in [6.45, 7) is 4.68. The molecule has 1 aromatic carbocycles. The quantitative estimate of drug-likeness (QED) is 0.647. The highest BCUT2D eigenvalue weighted by molar-refractivity contribution is 7.98. The zero-order chi connectivity index (χ0) is 17.1. The van der Waals surface area contributed by atoms with Gasteiger partial charge in [0.25, 0.3) is 5.56 Å². The first-order valence-corrected chi connectivity index (χ1v) is 9.35. The zero-order valence-electron chi connectivity index (χ0n) is 13.4. The second kappa shape index (κ2) is 7.68. The summed E-state index contributed by atoms with van der Waals surface area (Å²) in [5.41, 5.74) is 1.94. The van der Waals surface area contributed by atoms with Gasteiger partial charge in [-0.05, 0) is 25.1 Å². The highest BCUT2D eigenvalue weighted by Crippen LogP contribution is 2.27. The Bertz CT molecular complexity index is 776. The van der Waals surface area contributed by atoms with E-state index in [0.29, 0.717) is 28.0 Å². The molecule has 2 aromatic rings. The van der Waals surface area contributed by atoms with Gasteiger partial charge in [-0.2, -0.15) is 0 Å². The van der Waals surface area contributed by atoms with E-state index in [1.807, 2.05) is 0 Å². The number of benzene rings is 1. The van der Waals surface area contributed by atoms with Crippen molar-refractivity contribution in [3.8, 4) is 0 Å². The van der Waals surface area contributed by atoms with Crippen LogP contribution in [-0.2, 0) is 18.7 Å². The fourth-order valence-corrected chi connectivity index (χ4v) is 4.07. The van der Waals surface area contributed by atoms with Gasteiger partial charge in [0.2, 0.25) is 0 Å². The number of nitrogens with one attached hydrogen (secondary N) is 1. The number of hydrogen-bond acceptors (Lipinski definition) is 4. The Hall–Kier alpha value is -1.37. The summed E-state index contributed by atoms with van der Waals surface area (Å²) in [4.78, 5) is 22.0. The van der Waals surface area contributed by atoms with Gasteiger partial charge >= 0.3 is 0 Å². The Balaban J connectivity index is 1.77. The Kier molecular flexibility index (Phi) is 5.58. The molecule has 1 aromatic heterocycles. The van der Waals surface area contributed by atoms with Crippen LogP contribution in [0, 0.1) is 5.82 Å². The first kappa shape index (κ1) is 17.5. The molecule has 4 nitrogen and oxygen atoms in total. The Labute approximate surface area is 149 Å². The van der Waals surface area contributed by atoms with Crippen LogP contribution in [0.25, 0.3) is 0 Å². The smallest absolute Gasteiger partial charge is 0.256 e. The molecule has 128 valence electrons. The molecule has 1 aliphatic rings. The number of nitrogens with zero attached hydrogens (tertiary/aromatic N) is 2. The number of aromatic nitrogens is 2. The van der Waals surface area contributed by atoms with Crippen LogP contribution in [0.1, 0.15) is 30.2 Å². The SMILES string of the molecule is CCCN1CCc2nc(SCc3c(F)cccc3Cl)[nH]c(=O)c2C1. The molecule has 3 rings (SSSR count). The molecule has 24 heavy (non-hydrogen) atoms. The van der Waals surface area contributed by atoms with E-state index >= 15 is 0 Å². The third kappa shape index (κ3) is 3.82. The van der Waals surface area contributed by atoms with Gasteiger partial charge in [0.1, 0.15) is 5.82 Å². The monoisotopic (exact) mass is 367 g/mol. The predicted molar refractivity (Wildman–Crippen MR) is 95.1 cm³/mol. The number of thioether (sulfide) groups is 1. The molecule has 0 unspecified atom stereocenters. The van der Waals surface area contributed by atoms with Crippen LogP contribution in [-0.4, -0.2) is 28.0 Å². The highest BCUT2D eigenvalue weighted by Gasteiger charge is 2.20. The van der Waals surface area contributed by atoms with Crippen LogP contribution in [0.15, 0.2) is 28.2 Å². The van der Waals surface area contributed by atoms with E-state index in [1.165, 1.54) is 17.8 Å². The maximum absolute atomic E-state index is 13.8. The number of H-pyrrole nitrogens is 1. The number of hydrogen-bond donors (Lipinski definition) is 1. The Morgan fingerprint density at radius 1 is 1.46 bits per heavy atom. The molecule has 0 bridgehead atoms. The molecule has 0 spiro atoms. The average Bonchev–Trinajstić information content (AvgIpc) is 2.55. The summed E-state index contributed by atoms with van der Waals surface area (Å²) >= 11 is 7.33. The molecule has 0 saturated heterocycles.